The van der Waals surface area contributed by atoms with E-state index in [1.165, 1.54) is 12.8 Å². The lowest BCUT2D eigenvalue weighted by molar-refractivity contribution is 0.0924. The number of ketones is 1. The van der Waals surface area contributed by atoms with Gasteiger partial charge in [-0.15, -0.1) is 11.3 Å². The zero-order valence-electron chi connectivity index (χ0n) is 8.53. The number of rotatable bonds is 3. The minimum absolute atomic E-state index is 0.318. The van der Waals surface area contributed by atoms with Crippen molar-refractivity contribution in [3.63, 3.8) is 0 Å². The molecule has 1 aliphatic carbocycles. The Morgan fingerprint density at radius 1 is 1.57 bits per heavy atom. The van der Waals surface area contributed by atoms with E-state index < -0.39 is 0 Å². The topological polar surface area (TPSA) is 17.1 Å². The van der Waals surface area contributed by atoms with Crippen molar-refractivity contribution >= 4 is 17.1 Å². The summed E-state index contributed by atoms with van der Waals surface area (Å²) in [6.07, 6.45) is 4.70. The van der Waals surface area contributed by atoms with Gasteiger partial charge in [-0.3, -0.25) is 4.79 Å². The molecule has 2 heteroatoms. The number of hydrogen-bond acceptors (Lipinski definition) is 2. The van der Waals surface area contributed by atoms with Crippen LogP contribution >= 0.6 is 11.3 Å². The smallest absolute Gasteiger partial charge is 0.175 e. The molecule has 1 heterocycles. The summed E-state index contributed by atoms with van der Waals surface area (Å²) in [4.78, 5) is 12.9. The maximum Gasteiger partial charge on any atom is 0.175 e. The van der Waals surface area contributed by atoms with Gasteiger partial charge in [0.1, 0.15) is 0 Å². The van der Waals surface area contributed by atoms with E-state index in [2.05, 4.69) is 6.92 Å². The second kappa shape index (κ2) is 4.26. The van der Waals surface area contributed by atoms with Crippen LogP contribution in [0, 0.1) is 11.8 Å². The van der Waals surface area contributed by atoms with Crippen molar-refractivity contribution in [2.45, 2.75) is 32.6 Å². The van der Waals surface area contributed by atoms with Crippen LogP contribution in [0.1, 0.15) is 42.3 Å². The van der Waals surface area contributed by atoms with E-state index in [1.807, 2.05) is 17.5 Å². The van der Waals surface area contributed by atoms with E-state index in [9.17, 15) is 4.79 Å². The van der Waals surface area contributed by atoms with E-state index in [1.54, 1.807) is 11.3 Å². The highest BCUT2D eigenvalue weighted by atomic mass is 32.1. The number of Topliss-reactive ketones (excluding diaryl/α,β-unsaturated/α-hetero) is 1. The average Bonchev–Trinajstić information content (AvgIpc) is 2.88. The molecule has 1 saturated carbocycles. The Morgan fingerprint density at radius 2 is 2.43 bits per heavy atom. The summed E-state index contributed by atoms with van der Waals surface area (Å²) in [5.74, 6) is 1.50. The van der Waals surface area contributed by atoms with Crippen LogP contribution in [0.25, 0.3) is 0 Å². The molecule has 1 aromatic rings. The molecule has 2 atom stereocenters. The largest absolute Gasteiger partial charge is 0.293 e. The number of hydrogen-bond donors (Lipinski definition) is 0. The molecule has 1 nitrogen and oxygen atoms in total. The molecule has 0 N–H and O–H groups in total. The molecular formula is C12H16OS. The quantitative estimate of drug-likeness (QED) is 0.691. The van der Waals surface area contributed by atoms with Gasteiger partial charge in [0.2, 0.25) is 0 Å². The Balaban J connectivity index is 2.00. The van der Waals surface area contributed by atoms with Gasteiger partial charge in [-0.25, -0.2) is 0 Å². The van der Waals surface area contributed by atoms with Gasteiger partial charge in [0.25, 0.3) is 0 Å². The normalized spacial score (nSPS) is 26.6. The van der Waals surface area contributed by atoms with Crippen molar-refractivity contribution in [1.82, 2.24) is 0 Å². The van der Waals surface area contributed by atoms with Gasteiger partial charge in [-0.05, 0) is 36.6 Å². The van der Waals surface area contributed by atoms with E-state index in [4.69, 9.17) is 0 Å². The molecule has 0 saturated heterocycles. The summed E-state index contributed by atoms with van der Waals surface area (Å²) < 4.78 is 0. The molecule has 76 valence electrons. The fraction of sp³-hybridized carbons (Fsp3) is 0.583. The van der Waals surface area contributed by atoms with Crippen molar-refractivity contribution in [3.05, 3.63) is 22.4 Å². The Bertz CT molecular complexity index is 302. The van der Waals surface area contributed by atoms with Crippen LogP contribution in [-0.4, -0.2) is 5.78 Å². The summed E-state index contributed by atoms with van der Waals surface area (Å²) >= 11 is 1.58. The predicted octanol–water partition coefficient (Wildman–Crippen LogP) is 3.76. The maximum atomic E-state index is 12.0. The van der Waals surface area contributed by atoms with Crippen LogP contribution in [0.2, 0.25) is 0 Å². The van der Waals surface area contributed by atoms with Gasteiger partial charge in [0, 0.05) is 5.92 Å². The van der Waals surface area contributed by atoms with Gasteiger partial charge in [-0.2, -0.15) is 0 Å². The molecule has 0 aromatic carbocycles. The molecule has 1 aliphatic rings. The van der Waals surface area contributed by atoms with Gasteiger partial charge < -0.3 is 0 Å². The lowest BCUT2D eigenvalue weighted by atomic mass is 9.98. The summed E-state index contributed by atoms with van der Waals surface area (Å²) in [5.41, 5.74) is 0. The lowest BCUT2D eigenvalue weighted by Gasteiger charge is -2.07. The van der Waals surface area contributed by atoms with Crippen LogP contribution in [0.15, 0.2) is 17.5 Å². The summed E-state index contributed by atoms with van der Waals surface area (Å²) in [6, 6.07) is 3.91. The highest BCUT2D eigenvalue weighted by Gasteiger charge is 2.29. The second-order valence-corrected chi connectivity index (χ2v) is 5.07. The average molecular weight is 208 g/mol. The zero-order chi connectivity index (χ0) is 9.97. The Labute approximate surface area is 89.1 Å². The highest BCUT2D eigenvalue weighted by Crippen LogP contribution is 2.35. The maximum absolute atomic E-state index is 12.0. The minimum atomic E-state index is 0.318. The van der Waals surface area contributed by atoms with Gasteiger partial charge in [-0.1, -0.05) is 19.4 Å². The van der Waals surface area contributed by atoms with Crippen LogP contribution < -0.4 is 0 Å². The van der Waals surface area contributed by atoms with Crippen molar-refractivity contribution in [2.24, 2.45) is 11.8 Å². The molecule has 0 bridgehead atoms. The van der Waals surface area contributed by atoms with E-state index in [0.29, 0.717) is 11.7 Å². The van der Waals surface area contributed by atoms with Gasteiger partial charge in [0.05, 0.1) is 4.88 Å². The Morgan fingerprint density at radius 3 is 3.00 bits per heavy atom. The molecule has 0 amide bonds. The molecule has 1 fully saturated rings. The molecule has 2 unspecified atom stereocenters. The first-order valence-corrected chi connectivity index (χ1v) is 6.27. The second-order valence-electron chi connectivity index (χ2n) is 4.13. The van der Waals surface area contributed by atoms with Crippen LogP contribution in [0.4, 0.5) is 0 Å². The third-order valence-corrected chi connectivity index (χ3v) is 4.14. The van der Waals surface area contributed by atoms with E-state index >= 15 is 0 Å². The standard InChI is InChI=1S/C12H16OS/c1-2-9-5-6-10(8-9)12(13)11-4-3-7-14-11/h3-4,7,9-10H,2,5-6,8H2,1H3. The first kappa shape index (κ1) is 9.91. The molecule has 0 radical (unpaired) electrons. The van der Waals surface area contributed by atoms with Crippen LogP contribution in [0.3, 0.4) is 0 Å². The van der Waals surface area contributed by atoms with Crippen molar-refractivity contribution in [1.29, 1.82) is 0 Å². The monoisotopic (exact) mass is 208 g/mol. The molecule has 1 aromatic heterocycles. The number of carbonyl (C=O) groups excluding carboxylic acids is 1. The Hall–Kier alpha value is -0.630. The van der Waals surface area contributed by atoms with E-state index in [0.717, 1.165) is 23.6 Å². The summed E-state index contributed by atoms with van der Waals surface area (Å²) in [5, 5.41) is 1.99. The minimum Gasteiger partial charge on any atom is -0.293 e. The van der Waals surface area contributed by atoms with Gasteiger partial charge >= 0.3 is 0 Å². The first-order valence-electron chi connectivity index (χ1n) is 5.39. The van der Waals surface area contributed by atoms with Crippen molar-refractivity contribution in [2.75, 3.05) is 0 Å². The Kier molecular flexibility index (Phi) is 3.02. The first-order chi connectivity index (χ1) is 6.81. The van der Waals surface area contributed by atoms with E-state index in [-0.39, 0.29) is 0 Å². The van der Waals surface area contributed by atoms with Crippen molar-refractivity contribution < 1.29 is 4.79 Å². The number of thiophene rings is 1. The van der Waals surface area contributed by atoms with Gasteiger partial charge in [0.15, 0.2) is 5.78 Å². The summed E-state index contributed by atoms with van der Waals surface area (Å²) in [7, 11) is 0. The van der Waals surface area contributed by atoms with Crippen molar-refractivity contribution in [3.8, 4) is 0 Å². The SMILES string of the molecule is CCC1CCC(C(=O)c2cccs2)C1. The molecule has 14 heavy (non-hydrogen) atoms. The molecule has 0 aliphatic heterocycles. The fourth-order valence-corrected chi connectivity index (χ4v) is 3.05. The summed E-state index contributed by atoms with van der Waals surface area (Å²) in [6.45, 7) is 2.22. The molecule has 0 spiro atoms. The van der Waals surface area contributed by atoms with Crippen LogP contribution in [0.5, 0.6) is 0 Å². The molecular weight excluding hydrogens is 192 g/mol. The number of carbonyl (C=O) groups is 1. The lowest BCUT2D eigenvalue weighted by Crippen LogP contribution is -2.10. The third-order valence-electron chi connectivity index (χ3n) is 3.25. The zero-order valence-corrected chi connectivity index (χ0v) is 9.35. The molecule has 2 rings (SSSR count). The third kappa shape index (κ3) is 1.90. The highest BCUT2D eigenvalue weighted by molar-refractivity contribution is 7.12. The van der Waals surface area contributed by atoms with Crippen LogP contribution in [-0.2, 0) is 0 Å². The fourth-order valence-electron chi connectivity index (χ4n) is 2.30. The predicted molar refractivity (Wildman–Crippen MR) is 59.8 cm³/mol.